The van der Waals surface area contributed by atoms with Crippen molar-refractivity contribution in [2.75, 3.05) is 0 Å². The van der Waals surface area contributed by atoms with Crippen molar-refractivity contribution in [2.45, 2.75) is 32.2 Å². The highest BCUT2D eigenvalue weighted by Gasteiger charge is 2.16. The van der Waals surface area contributed by atoms with Gasteiger partial charge in [0.2, 0.25) is 0 Å². The van der Waals surface area contributed by atoms with Crippen LogP contribution in [0.2, 0.25) is 5.02 Å². The van der Waals surface area contributed by atoms with E-state index in [0.717, 1.165) is 42.5 Å². The first-order valence-corrected chi connectivity index (χ1v) is 7.53. The van der Waals surface area contributed by atoms with E-state index in [4.69, 9.17) is 23.8 Å². The standard InChI is InChI=1S/C15H15ClN2OS/c16-11-7-5-10(6-8-11)9-18-13-4-2-1-3-12(13)14(20)17-15(18)19/h5-8H,1-4,9H2,(H,17,19,20). The van der Waals surface area contributed by atoms with E-state index in [1.165, 1.54) is 0 Å². The summed E-state index contributed by atoms with van der Waals surface area (Å²) in [6, 6.07) is 7.59. The Hall–Kier alpha value is -1.39. The first-order valence-electron chi connectivity index (χ1n) is 6.74. The number of fused-ring (bicyclic) bond motifs is 1. The zero-order valence-electron chi connectivity index (χ0n) is 11.0. The highest BCUT2D eigenvalue weighted by molar-refractivity contribution is 7.71. The molecule has 0 unspecified atom stereocenters. The normalized spacial score (nSPS) is 14.1. The minimum Gasteiger partial charge on any atom is -0.298 e. The van der Waals surface area contributed by atoms with Crippen LogP contribution in [0.5, 0.6) is 0 Å². The molecular formula is C15H15ClN2OS. The number of aromatic amines is 1. The fraction of sp³-hybridized carbons (Fsp3) is 0.333. The Morgan fingerprint density at radius 2 is 1.90 bits per heavy atom. The van der Waals surface area contributed by atoms with E-state index in [9.17, 15) is 4.79 Å². The number of halogens is 1. The van der Waals surface area contributed by atoms with Crippen LogP contribution in [0.15, 0.2) is 29.1 Å². The summed E-state index contributed by atoms with van der Waals surface area (Å²) < 4.78 is 2.42. The molecule has 1 N–H and O–H groups in total. The van der Waals surface area contributed by atoms with Crippen molar-refractivity contribution in [3.63, 3.8) is 0 Å². The first-order chi connectivity index (χ1) is 9.65. The van der Waals surface area contributed by atoms with Gasteiger partial charge >= 0.3 is 5.69 Å². The van der Waals surface area contributed by atoms with Gasteiger partial charge in [-0.15, -0.1) is 0 Å². The third kappa shape index (κ3) is 2.58. The minimum absolute atomic E-state index is 0.120. The number of nitrogens with one attached hydrogen (secondary N) is 1. The minimum atomic E-state index is -0.120. The van der Waals surface area contributed by atoms with Gasteiger partial charge in [-0.05, 0) is 43.4 Å². The smallest absolute Gasteiger partial charge is 0.298 e. The quantitative estimate of drug-likeness (QED) is 0.863. The largest absolute Gasteiger partial charge is 0.327 e. The topological polar surface area (TPSA) is 37.8 Å². The highest BCUT2D eigenvalue weighted by Crippen LogP contribution is 2.21. The van der Waals surface area contributed by atoms with Crippen molar-refractivity contribution in [1.29, 1.82) is 0 Å². The Balaban J connectivity index is 2.07. The first kappa shape index (κ1) is 13.6. The van der Waals surface area contributed by atoms with Crippen LogP contribution in [0.3, 0.4) is 0 Å². The van der Waals surface area contributed by atoms with Gasteiger partial charge in [-0.3, -0.25) is 9.55 Å². The van der Waals surface area contributed by atoms with Crippen LogP contribution < -0.4 is 5.69 Å². The molecule has 0 saturated carbocycles. The van der Waals surface area contributed by atoms with Crippen LogP contribution in [-0.2, 0) is 19.4 Å². The van der Waals surface area contributed by atoms with Crippen molar-refractivity contribution in [2.24, 2.45) is 0 Å². The average Bonchev–Trinajstić information content (AvgIpc) is 2.45. The molecule has 0 bridgehead atoms. The number of hydrogen-bond donors (Lipinski definition) is 1. The molecule has 1 aromatic heterocycles. The lowest BCUT2D eigenvalue weighted by molar-refractivity contribution is 0.584. The fourth-order valence-corrected chi connectivity index (χ4v) is 3.17. The van der Waals surface area contributed by atoms with Gasteiger partial charge in [-0.25, -0.2) is 4.79 Å². The Labute approximate surface area is 127 Å². The van der Waals surface area contributed by atoms with E-state index >= 15 is 0 Å². The third-order valence-corrected chi connectivity index (χ3v) is 4.36. The lowest BCUT2D eigenvalue weighted by Crippen LogP contribution is -2.30. The summed E-state index contributed by atoms with van der Waals surface area (Å²) >= 11 is 11.2. The molecule has 5 heteroatoms. The van der Waals surface area contributed by atoms with E-state index in [1.54, 1.807) is 0 Å². The van der Waals surface area contributed by atoms with Crippen LogP contribution in [0.25, 0.3) is 0 Å². The summed E-state index contributed by atoms with van der Waals surface area (Å²) in [5, 5.41) is 0.704. The van der Waals surface area contributed by atoms with Crippen molar-refractivity contribution in [3.8, 4) is 0 Å². The fourth-order valence-electron chi connectivity index (χ4n) is 2.73. The zero-order valence-corrected chi connectivity index (χ0v) is 12.6. The van der Waals surface area contributed by atoms with Crippen LogP contribution >= 0.6 is 23.8 Å². The second-order valence-electron chi connectivity index (χ2n) is 5.10. The van der Waals surface area contributed by atoms with Crippen LogP contribution in [0.4, 0.5) is 0 Å². The summed E-state index contributed by atoms with van der Waals surface area (Å²) in [6.45, 7) is 0.560. The molecule has 1 heterocycles. The highest BCUT2D eigenvalue weighted by atomic mass is 35.5. The Bertz CT molecular complexity index is 746. The maximum atomic E-state index is 12.2. The van der Waals surface area contributed by atoms with E-state index in [2.05, 4.69) is 4.98 Å². The molecule has 0 fully saturated rings. The molecule has 1 aliphatic carbocycles. The second-order valence-corrected chi connectivity index (χ2v) is 5.95. The van der Waals surface area contributed by atoms with Gasteiger partial charge in [0.05, 0.1) is 6.54 Å². The van der Waals surface area contributed by atoms with Crippen LogP contribution in [0, 0.1) is 4.64 Å². The number of benzene rings is 1. The van der Waals surface area contributed by atoms with Crippen molar-refractivity contribution >= 4 is 23.8 Å². The summed E-state index contributed by atoms with van der Waals surface area (Å²) in [6.07, 6.45) is 4.15. The molecule has 0 radical (unpaired) electrons. The molecule has 3 rings (SSSR count). The summed E-state index contributed by atoms with van der Waals surface area (Å²) in [5.41, 5.74) is 3.18. The molecule has 1 aliphatic rings. The lowest BCUT2D eigenvalue weighted by atomic mass is 9.97. The Kier molecular flexibility index (Phi) is 3.76. The van der Waals surface area contributed by atoms with Gasteiger partial charge in [0.15, 0.2) is 0 Å². The molecule has 20 heavy (non-hydrogen) atoms. The zero-order chi connectivity index (χ0) is 14.1. The monoisotopic (exact) mass is 306 g/mol. The SMILES string of the molecule is O=c1[nH]c(=S)c2c(n1Cc1ccc(Cl)cc1)CCCC2. The molecular weight excluding hydrogens is 292 g/mol. The number of H-pyrrole nitrogens is 1. The number of rotatable bonds is 2. The van der Waals surface area contributed by atoms with Gasteiger partial charge < -0.3 is 0 Å². The van der Waals surface area contributed by atoms with Gasteiger partial charge in [0.25, 0.3) is 0 Å². The maximum Gasteiger partial charge on any atom is 0.327 e. The van der Waals surface area contributed by atoms with Crippen LogP contribution in [0.1, 0.15) is 29.7 Å². The van der Waals surface area contributed by atoms with Gasteiger partial charge in [-0.1, -0.05) is 36.0 Å². The van der Waals surface area contributed by atoms with E-state index in [1.807, 2.05) is 28.8 Å². The Morgan fingerprint density at radius 1 is 1.20 bits per heavy atom. The molecule has 0 spiro atoms. The average molecular weight is 307 g/mol. The van der Waals surface area contributed by atoms with E-state index in [0.29, 0.717) is 16.2 Å². The van der Waals surface area contributed by atoms with Crippen molar-refractivity contribution in [1.82, 2.24) is 9.55 Å². The van der Waals surface area contributed by atoms with Crippen molar-refractivity contribution < 1.29 is 0 Å². The number of hydrogen-bond acceptors (Lipinski definition) is 2. The van der Waals surface area contributed by atoms with E-state index in [-0.39, 0.29) is 5.69 Å². The predicted molar refractivity (Wildman–Crippen MR) is 83.1 cm³/mol. The molecule has 0 saturated heterocycles. The van der Waals surface area contributed by atoms with E-state index < -0.39 is 0 Å². The summed E-state index contributed by atoms with van der Waals surface area (Å²) in [7, 11) is 0. The van der Waals surface area contributed by atoms with Gasteiger partial charge in [0.1, 0.15) is 4.64 Å². The predicted octanol–water partition coefficient (Wildman–Crippen LogP) is 3.49. The van der Waals surface area contributed by atoms with Crippen molar-refractivity contribution in [3.05, 3.63) is 61.2 Å². The Morgan fingerprint density at radius 3 is 2.65 bits per heavy atom. The lowest BCUT2D eigenvalue weighted by Gasteiger charge is -2.20. The van der Waals surface area contributed by atoms with Gasteiger partial charge in [-0.2, -0.15) is 0 Å². The number of nitrogens with zero attached hydrogens (tertiary/aromatic N) is 1. The maximum absolute atomic E-state index is 12.2. The molecule has 3 nitrogen and oxygen atoms in total. The summed E-state index contributed by atoms with van der Waals surface area (Å²) in [5.74, 6) is 0. The number of aromatic nitrogens is 2. The molecule has 0 aliphatic heterocycles. The second kappa shape index (κ2) is 5.54. The third-order valence-electron chi connectivity index (χ3n) is 3.76. The molecule has 2 aromatic rings. The molecule has 1 aromatic carbocycles. The van der Waals surface area contributed by atoms with Crippen LogP contribution in [-0.4, -0.2) is 9.55 Å². The molecule has 0 amide bonds. The summed E-state index contributed by atoms with van der Waals surface area (Å²) in [4.78, 5) is 15.0. The molecule has 0 atom stereocenters. The molecule has 104 valence electrons. The van der Waals surface area contributed by atoms with Gasteiger partial charge in [0, 0.05) is 16.3 Å².